The minimum absolute atomic E-state index is 0.255. The van der Waals surface area contributed by atoms with Crippen molar-refractivity contribution in [2.45, 2.75) is 45.7 Å². The lowest BCUT2D eigenvalue weighted by Gasteiger charge is -2.09. The molecular weight excluding hydrogens is 382 g/mol. The normalized spacial score (nSPS) is 11.7. The molecule has 0 radical (unpaired) electrons. The Labute approximate surface area is 164 Å². The molecule has 0 spiro atoms. The molecular formula is C18H20ClN7O2. The molecule has 0 fully saturated rings. The average molecular weight is 402 g/mol. The minimum Gasteiger partial charge on any atom is -0.332 e. The smallest absolute Gasteiger partial charge is 0.332 e. The van der Waals surface area contributed by atoms with Crippen LogP contribution in [0, 0.1) is 0 Å². The van der Waals surface area contributed by atoms with E-state index in [4.69, 9.17) is 11.6 Å². The predicted octanol–water partition coefficient (Wildman–Crippen LogP) is 2.15. The number of nitrogens with one attached hydrogen (secondary N) is 1. The van der Waals surface area contributed by atoms with E-state index in [2.05, 4.69) is 20.2 Å². The zero-order valence-electron chi connectivity index (χ0n) is 15.6. The number of rotatable bonds is 6. The third kappa shape index (κ3) is 2.82. The largest absolute Gasteiger partial charge is 0.332 e. The second kappa shape index (κ2) is 7.23. The summed E-state index contributed by atoms with van der Waals surface area (Å²) < 4.78 is 4.63. The lowest BCUT2D eigenvalue weighted by atomic mass is 10.2. The highest BCUT2D eigenvalue weighted by Crippen LogP contribution is 2.20. The Morgan fingerprint density at radius 1 is 1.11 bits per heavy atom. The van der Waals surface area contributed by atoms with E-state index in [0.29, 0.717) is 48.0 Å². The summed E-state index contributed by atoms with van der Waals surface area (Å²) in [6.07, 6.45) is 3.26. The van der Waals surface area contributed by atoms with Gasteiger partial charge in [0.15, 0.2) is 17.1 Å². The summed E-state index contributed by atoms with van der Waals surface area (Å²) in [6.45, 7) is 4.78. The molecule has 0 amide bonds. The van der Waals surface area contributed by atoms with Gasteiger partial charge >= 0.3 is 5.69 Å². The van der Waals surface area contributed by atoms with Crippen LogP contribution in [0.4, 0.5) is 0 Å². The maximum absolute atomic E-state index is 12.8. The maximum atomic E-state index is 12.8. The number of pyridine rings is 1. The van der Waals surface area contributed by atoms with E-state index in [-0.39, 0.29) is 17.1 Å². The molecule has 0 bridgehead atoms. The van der Waals surface area contributed by atoms with Gasteiger partial charge in [0.1, 0.15) is 11.3 Å². The molecule has 4 heterocycles. The van der Waals surface area contributed by atoms with Crippen molar-refractivity contribution < 1.29 is 0 Å². The Hall–Kier alpha value is -2.94. The lowest BCUT2D eigenvalue weighted by Crippen LogP contribution is -2.40. The number of hydrogen-bond donors (Lipinski definition) is 1. The summed E-state index contributed by atoms with van der Waals surface area (Å²) >= 11 is 5.87. The summed E-state index contributed by atoms with van der Waals surface area (Å²) in [4.78, 5) is 33.3. The van der Waals surface area contributed by atoms with Crippen molar-refractivity contribution in [2.24, 2.45) is 0 Å². The van der Waals surface area contributed by atoms with Crippen LogP contribution < -0.4 is 11.2 Å². The van der Waals surface area contributed by atoms with Gasteiger partial charge in [0.05, 0.1) is 5.88 Å². The third-order valence-corrected chi connectivity index (χ3v) is 4.87. The Kier molecular flexibility index (Phi) is 4.76. The molecule has 0 aromatic carbocycles. The van der Waals surface area contributed by atoms with Crippen molar-refractivity contribution in [3.8, 4) is 11.4 Å². The first-order chi connectivity index (χ1) is 13.6. The number of halogens is 1. The van der Waals surface area contributed by atoms with Crippen molar-refractivity contribution in [1.29, 1.82) is 0 Å². The zero-order chi connectivity index (χ0) is 19.8. The van der Waals surface area contributed by atoms with Gasteiger partial charge in [-0.1, -0.05) is 13.8 Å². The molecule has 1 N–H and O–H groups in total. The summed E-state index contributed by atoms with van der Waals surface area (Å²) in [6, 6.07) is 3.66. The topological polar surface area (TPSA) is 103 Å². The number of imidazole rings is 1. The second-order valence-electron chi connectivity index (χ2n) is 6.57. The van der Waals surface area contributed by atoms with Gasteiger partial charge in [0.2, 0.25) is 0 Å². The first-order valence-electron chi connectivity index (χ1n) is 9.22. The van der Waals surface area contributed by atoms with Crippen molar-refractivity contribution >= 4 is 28.4 Å². The molecule has 0 aliphatic rings. The molecule has 4 aromatic heterocycles. The number of aryl methyl sites for hydroxylation is 1. The van der Waals surface area contributed by atoms with Crippen LogP contribution in [0.5, 0.6) is 0 Å². The number of nitrogens with zero attached hydrogens (tertiary/aromatic N) is 6. The number of aromatic amines is 1. The van der Waals surface area contributed by atoms with Crippen LogP contribution in [0.25, 0.3) is 28.2 Å². The van der Waals surface area contributed by atoms with Gasteiger partial charge in [0, 0.05) is 24.8 Å². The first-order valence-corrected chi connectivity index (χ1v) is 9.75. The summed E-state index contributed by atoms with van der Waals surface area (Å²) in [5, 5.41) is 8.15. The van der Waals surface area contributed by atoms with Crippen LogP contribution in [0.1, 0.15) is 32.5 Å². The molecule has 0 aliphatic carbocycles. The molecule has 146 valence electrons. The first kappa shape index (κ1) is 18.4. The van der Waals surface area contributed by atoms with Crippen molar-refractivity contribution in [3.63, 3.8) is 0 Å². The van der Waals surface area contributed by atoms with E-state index in [9.17, 15) is 9.59 Å². The summed E-state index contributed by atoms with van der Waals surface area (Å²) in [5.74, 6) is 1.40. The van der Waals surface area contributed by atoms with Crippen molar-refractivity contribution in [3.05, 3.63) is 45.0 Å². The summed E-state index contributed by atoms with van der Waals surface area (Å²) in [7, 11) is 0. The number of hydrogen-bond acceptors (Lipinski definition) is 5. The quantitative estimate of drug-likeness (QED) is 0.498. The molecule has 4 rings (SSSR count). The van der Waals surface area contributed by atoms with E-state index < -0.39 is 0 Å². The molecule has 9 nitrogen and oxygen atoms in total. The van der Waals surface area contributed by atoms with Gasteiger partial charge in [-0.2, -0.15) is 0 Å². The van der Waals surface area contributed by atoms with Crippen LogP contribution in [-0.2, 0) is 19.0 Å². The van der Waals surface area contributed by atoms with Gasteiger partial charge in [-0.25, -0.2) is 9.78 Å². The fraction of sp³-hybridized carbons (Fsp3) is 0.389. The summed E-state index contributed by atoms with van der Waals surface area (Å²) in [5.41, 5.74) is 1.42. The van der Waals surface area contributed by atoms with Crippen LogP contribution in [0.15, 0.2) is 27.9 Å². The minimum atomic E-state index is -0.346. The van der Waals surface area contributed by atoms with Gasteiger partial charge in [-0.15, -0.1) is 21.8 Å². The van der Waals surface area contributed by atoms with E-state index in [1.807, 2.05) is 32.2 Å². The van der Waals surface area contributed by atoms with Crippen LogP contribution in [-0.4, -0.2) is 33.7 Å². The molecule has 28 heavy (non-hydrogen) atoms. The average Bonchev–Trinajstić information content (AvgIpc) is 3.32. The third-order valence-electron chi connectivity index (χ3n) is 4.63. The van der Waals surface area contributed by atoms with Crippen LogP contribution >= 0.6 is 11.6 Å². The van der Waals surface area contributed by atoms with Gasteiger partial charge < -0.3 is 4.98 Å². The Balaban J connectivity index is 1.94. The monoisotopic (exact) mass is 401 g/mol. The Bertz CT molecular complexity index is 1280. The highest BCUT2D eigenvalue weighted by molar-refractivity contribution is 6.16. The zero-order valence-corrected chi connectivity index (χ0v) is 16.4. The van der Waals surface area contributed by atoms with Crippen molar-refractivity contribution in [1.82, 2.24) is 33.7 Å². The number of fused-ring (bicyclic) bond motifs is 2. The van der Waals surface area contributed by atoms with Gasteiger partial charge in [0.25, 0.3) is 5.56 Å². The molecule has 0 aliphatic heterocycles. The number of H-pyrrole nitrogens is 1. The predicted molar refractivity (Wildman–Crippen MR) is 107 cm³/mol. The fourth-order valence-electron chi connectivity index (χ4n) is 3.33. The van der Waals surface area contributed by atoms with E-state index in [1.165, 1.54) is 4.57 Å². The molecule has 0 saturated carbocycles. The second-order valence-corrected chi connectivity index (χ2v) is 6.84. The standard InChI is InChI=1S/C18H20ClN7O2/c1-3-6-25-16-14(17(27)26(7-4-2)18(25)28)20-15(21-16)11-5-8-24-12(9-11)22-23-13(24)10-19/h5,8-9H,3-4,6-7,10H2,1-2H3,(H,20,21). The van der Waals surface area contributed by atoms with Crippen LogP contribution in [0.3, 0.4) is 0 Å². The highest BCUT2D eigenvalue weighted by atomic mass is 35.5. The molecule has 10 heteroatoms. The van der Waals surface area contributed by atoms with E-state index >= 15 is 0 Å². The van der Waals surface area contributed by atoms with Crippen LogP contribution in [0.2, 0.25) is 0 Å². The lowest BCUT2D eigenvalue weighted by molar-refractivity contribution is 0.555. The van der Waals surface area contributed by atoms with Gasteiger partial charge in [-0.3, -0.25) is 18.3 Å². The van der Waals surface area contributed by atoms with Gasteiger partial charge in [-0.05, 0) is 25.0 Å². The molecule has 4 aromatic rings. The Morgan fingerprint density at radius 2 is 1.86 bits per heavy atom. The maximum Gasteiger partial charge on any atom is 0.332 e. The van der Waals surface area contributed by atoms with E-state index in [1.54, 1.807) is 8.97 Å². The SMILES string of the molecule is CCCn1c(=O)c2[nH]c(-c3ccn4c(CCl)nnc4c3)nc2n(CCC)c1=O. The van der Waals surface area contributed by atoms with Crippen molar-refractivity contribution in [2.75, 3.05) is 0 Å². The fourth-order valence-corrected chi connectivity index (χ4v) is 3.51. The number of alkyl halides is 1. The molecule has 0 atom stereocenters. The molecule has 0 unspecified atom stereocenters. The van der Waals surface area contributed by atoms with E-state index in [0.717, 1.165) is 12.0 Å². The highest BCUT2D eigenvalue weighted by Gasteiger charge is 2.18. The number of aromatic nitrogens is 7. The molecule has 0 saturated heterocycles. The Morgan fingerprint density at radius 3 is 2.57 bits per heavy atom.